The lowest BCUT2D eigenvalue weighted by Crippen LogP contribution is -2.33. The summed E-state index contributed by atoms with van der Waals surface area (Å²) in [6.45, 7) is 8.51. The van der Waals surface area contributed by atoms with Crippen LogP contribution in [0.25, 0.3) is 0 Å². The van der Waals surface area contributed by atoms with E-state index in [1.54, 1.807) is 6.07 Å². The highest BCUT2D eigenvalue weighted by atomic mass is 16.6. The van der Waals surface area contributed by atoms with E-state index in [1.807, 2.05) is 12.1 Å². The van der Waals surface area contributed by atoms with Crippen LogP contribution < -0.4 is 14.8 Å². The summed E-state index contributed by atoms with van der Waals surface area (Å²) in [7, 11) is 0. The second kappa shape index (κ2) is 7.47. The Balaban J connectivity index is 1.41. The Kier molecular flexibility index (Phi) is 5.02. The Labute approximate surface area is 165 Å². The topological polar surface area (TPSA) is 76.8 Å². The minimum absolute atomic E-state index is 0.0962. The van der Waals surface area contributed by atoms with Gasteiger partial charge in [0, 0.05) is 17.5 Å². The fourth-order valence-electron chi connectivity index (χ4n) is 3.71. The van der Waals surface area contributed by atoms with Gasteiger partial charge in [-0.05, 0) is 37.1 Å². The van der Waals surface area contributed by atoms with Crippen LogP contribution in [0.3, 0.4) is 0 Å². The number of benzene rings is 1. The molecule has 150 valence electrons. The van der Waals surface area contributed by atoms with E-state index in [4.69, 9.17) is 14.0 Å². The van der Waals surface area contributed by atoms with Crippen LogP contribution in [-0.4, -0.2) is 42.3 Å². The molecule has 4 rings (SSSR count). The van der Waals surface area contributed by atoms with Crippen molar-refractivity contribution >= 4 is 11.8 Å². The van der Waals surface area contributed by atoms with E-state index in [-0.39, 0.29) is 17.4 Å². The van der Waals surface area contributed by atoms with Crippen molar-refractivity contribution in [3.05, 3.63) is 35.5 Å². The summed E-state index contributed by atoms with van der Waals surface area (Å²) in [6.07, 6.45) is 2.08. The van der Waals surface area contributed by atoms with Gasteiger partial charge in [-0.25, -0.2) is 0 Å². The fraction of sp³-hybridized carbons (Fsp3) is 0.524. The standard InChI is InChI=1S/C21H27N3O4/c1-21(2,3)18-12-20(28-23-18)22-19(25)13-24-8-4-5-15(24)14-6-7-16-17(11-14)27-10-9-26-16/h6-7,11-12,15H,4-5,8-10,13H2,1-3H3,(H,22,25). The number of ether oxygens (including phenoxy) is 2. The highest BCUT2D eigenvalue weighted by Crippen LogP contribution is 2.38. The molecule has 7 heteroatoms. The lowest BCUT2D eigenvalue weighted by molar-refractivity contribution is -0.117. The number of anilines is 1. The molecule has 2 aliphatic rings. The molecule has 0 aliphatic carbocycles. The van der Waals surface area contributed by atoms with Crippen LogP contribution in [-0.2, 0) is 10.2 Å². The highest BCUT2D eigenvalue weighted by molar-refractivity contribution is 5.91. The lowest BCUT2D eigenvalue weighted by Gasteiger charge is -2.26. The van der Waals surface area contributed by atoms with Gasteiger partial charge in [0.25, 0.3) is 0 Å². The van der Waals surface area contributed by atoms with Gasteiger partial charge in [0.05, 0.1) is 12.2 Å². The summed E-state index contributed by atoms with van der Waals surface area (Å²) in [5.74, 6) is 1.87. The zero-order valence-electron chi connectivity index (χ0n) is 16.7. The number of likely N-dealkylation sites (tertiary alicyclic amines) is 1. The molecule has 1 saturated heterocycles. The van der Waals surface area contributed by atoms with E-state index in [0.29, 0.717) is 25.6 Å². The van der Waals surface area contributed by atoms with E-state index in [0.717, 1.165) is 42.1 Å². The second-order valence-electron chi connectivity index (χ2n) is 8.41. The van der Waals surface area contributed by atoms with Crippen molar-refractivity contribution in [2.75, 3.05) is 31.6 Å². The summed E-state index contributed by atoms with van der Waals surface area (Å²) >= 11 is 0. The summed E-state index contributed by atoms with van der Waals surface area (Å²) in [5.41, 5.74) is 1.85. The number of hydrogen-bond acceptors (Lipinski definition) is 6. The maximum absolute atomic E-state index is 12.6. The molecular formula is C21H27N3O4. The molecule has 0 spiro atoms. The Bertz CT molecular complexity index is 856. The van der Waals surface area contributed by atoms with Crippen molar-refractivity contribution in [2.24, 2.45) is 0 Å². The first kappa shape index (κ1) is 18.8. The van der Waals surface area contributed by atoms with E-state index in [9.17, 15) is 4.79 Å². The molecule has 0 saturated carbocycles. The Morgan fingerprint density at radius 2 is 2.00 bits per heavy atom. The van der Waals surface area contributed by atoms with Crippen LogP contribution in [0.2, 0.25) is 0 Å². The zero-order valence-corrected chi connectivity index (χ0v) is 16.7. The average Bonchev–Trinajstić information content (AvgIpc) is 3.30. The van der Waals surface area contributed by atoms with Crippen LogP contribution in [0.15, 0.2) is 28.8 Å². The van der Waals surface area contributed by atoms with Crippen molar-refractivity contribution in [1.82, 2.24) is 10.1 Å². The van der Waals surface area contributed by atoms with E-state index in [1.165, 1.54) is 0 Å². The van der Waals surface area contributed by atoms with Crippen molar-refractivity contribution in [2.45, 2.75) is 45.1 Å². The molecule has 1 aromatic carbocycles. The summed E-state index contributed by atoms with van der Waals surface area (Å²) < 4.78 is 16.6. The molecule has 2 aromatic rings. The van der Waals surface area contributed by atoms with E-state index < -0.39 is 0 Å². The molecule has 1 aromatic heterocycles. The van der Waals surface area contributed by atoms with Crippen molar-refractivity contribution in [3.8, 4) is 11.5 Å². The third-order valence-electron chi connectivity index (χ3n) is 5.20. The second-order valence-corrected chi connectivity index (χ2v) is 8.41. The SMILES string of the molecule is CC(C)(C)c1cc(NC(=O)CN2CCCC2c2ccc3c(c2)OCCO3)on1. The number of rotatable bonds is 4. The third kappa shape index (κ3) is 3.99. The molecule has 1 amide bonds. The van der Waals surface area contributed by atoms with Crippen LogP contribution in [0.1, 0.15) is 50.9 Å². The number of aromatic nitrogens is 1. The van der Waals surface area contributed by atoms with E-state index >= 15 is 0 Å². The first-order chi connectivity index (χ1) is 13.4. The van der Waals surface area contributed by atoms with Gasteiger partial charge in [0.1, 0.15) is 13.2 Å². The van der Waals surface area contributed by atoms with Gasteiger partial charge >= 0.3 is 0 Å². The molecule has 3 heterocycles. The van der Waals surface area contributed by atoms with Crippen LogP contribution in [0.4, 0.5) is 5.88 Å². The van der Waals surface area contributed by atoms with Crippen LogP contribution in [0.5, 0.6) is 11.5 Å². The van der Waals surface area contributed by atoms with Crippen molar-refractivity contribution < 1.29 is 18.8 Å². The first-order valence-corrected chi connectivity index (χ1v) is 9.81. The average molecular weight is 385 g/mol. The molecule has 28 heavy (non-hydrogen) atoms. The van der Waals surface area contributed by atoms with Gasteiger partial charge in [-0.15, -0.1) is 0 Å². The third-order valence-corrected chi connectivity index (χ3v) is 5.20. The smallest absolute Gasteiger partial charge is 0.240 e. The highest BCUT2D eigenvalue weighted by Gasteiger charge is 2.29. The van der Waals surface area contributed by atoms with Gasteiger partial charge in [0.2, 0.25) is 11.8 Å². The quantitative estimate of drug-likeness (QED) is 0.868. The summed E-state index contributed by atoms with van der Waals surface area (Å²) in [4.78, 5) is 14.7. The minimum atomic E-state index is -0.120. The number of carbonyl (C=O) groups excluding carboxylic acids is 1. The zero-order chi connectivity index (χ0) is 19.7. The van der Waals surface area contributed by atoms with Gasteiger partial charge in [0.15, 0.2) is 11.5 Å². The predicted molar refractivity (Wildman–Crippen MR) is 105 cm³/mol. The molecule has 1 atom stereocenters. The molecule has 1 unspecified atom stereocenters. The maximum Gasteiger partial charge on any atom is 0.240 e. The number of fused-ring (bicyclic) bond motifs is 1. The number of amides is 1. The number of hydrogen-bond donors (Lipinski definition) is 1. The predicted octanol–water partition coefficient (Wildman–Crippen LogP) is 3.52. The molecule has 2 aliphatic heterocycles. The molecular weight excluding hydrogens is 358 g/mol. The lowest BCUT2D eigenvalue weighted by atomic mass is 9.92. The minimum Gasteiger partial charge on any atom is -0.486 e. The van der Waals surface area contributed by atoms with E-state index in [2.05, 4.69) is 42.2 Å². The number of carbonyl (C=O) groups is 1. The van der Waals surface area contributed by atoms with Crippen molar-refractivity contribution in [1.29, 1.82) is 0 Å². The fourth-order valence-corrected chi connectivity index (χ4v) is 3.71. The van der Waals surface area contributed by atoms with Gasteiger partial charge in [-0.3, -0.25) is 15.0 Å². The van der Waals surface area contributed by atoms with Crippen LogP contribution >= 0.6 is 0 Å². The van der Waals surface area contributed by atoms with Crippen molar-refractivity contribution in [3.63, 3.8) is 0 Å². The largest absolute Gasteiger partial charge is 0.486 e. The maximum atomic E-state index is 12.6. The molecule has 1 N–H and O–H groups in total. The van der Waals surface area contributed by atoms with Crippen LogP contribution in [0, 0.1) is 0 Å². The monoisotopic (exact) mass is 385 g/mol. The summed E-state index contributed by atoms with van der Waals surface area (Å²) in [6, 6.07) is 8.06. The Morgan fingerprint density at radius 1 is 1.21 bits per heavy atom. The normalized spacial score (nSPS) is 19.6. The Morgan fingerprint density at radius 3 is 2.75 bits per heavy atom. The summed E-state index contributed by atoms with van der Waals surface area (Å²) in [5, 5.41) is 6.88. The Hall–Kier alpha value is -2.54. The first-order valence-electron chi connectivity index (χ1n) is 9.81. The molecule has 0 radical (unpaired) electrons. The van der Waals surface area contributed by atoms with Gasteiger partial charge in [-0.1, -0.05) is 32.0 Å². The number of nitrogens with zero attached hydrogens (tertiary/aromatic N) is 2. The molecule has 1 fully saturated rings. The van der Waals surface area contributed by atoms with Gasteiger partial charge in [-0.2, -0.15) is 0 Å². The van der Waals surface area contributed by atoms with Gasteiger partial charge < -0.3 is 14.0 Å². The number of nitrogens with one attached hydrogen (secondary N) is 1. The molecule has 0 bridgehead atoms. The molecule has 7 nitrogen and oxygen atoms in total.